The highest BCUT2D eigenvalue weighted by Gasteiger charge is 2.25. The zero-order valence-corrected chi connectivity index (χ0v) is 21.3. The van der Waals surface area contributed by atoms with Crippen LogP contribution < -0.4 is 15.8 Å². The minimum absolute atomic E-state index is 0.0420. The van der Waals surface area contributed by atoms with Gasteiger partial charge in [-0.2, -0.15) is 0 Å². The molecule has 1 aromatic carbocycles. The third-order valence-electron chi connectivity index (χ3n) is 6.75. The fourth-order valence-electron chi connectivity index (χ4n) is 4.78. The quantitative estimate of drug-likeness (QED) is 0.390. The van der Waals surface area contributed by atoms with E-state index in [1.165, 1.54) is 11.8 Å². The SMILES string of the molecule is Cc1sc2nc(SCC(=O)Nc3ccc(N4CCOCC4)cc3)n(C3CCCC3)c(=O)c2c1C. The van der Waals surface area contributed by atoms with Gasteiger partial charge in [0.15, 0.2) is 5.16 Å². The number of nitrogens with zero attached hydrogens (tertiary/aromatic N) is 3. The van der Waals surface area contributed by atoms with E-state index in [1.54, 1.807) is 11.3 Å². The number of thioether (sulfide) groups is 1. The molecule has 5 rings (SSSR count). The van der Waals surface area contributed by atoms with Crippen molar-refractivity contribution in [2.75, 3.05) is 42.3 Å². The van der Waals surface area contributed by atoms with Crippen LogP contribution in [0.2, 0.25) is 0 Å². The number of anilines is 2. The summed E-state index contributed by atoms with van der Waals surface area (Å²) in [4.78, 5) is 35.2. The highest BCUT2D eigenvalue weighted by molar-refractivity contribution is 7.99. The van der Waals surface area contributed by atoms with Crippen LogP contribution in [0.1, 0.15) is 42.2 Å². The number of morpholine rings is 1. The van der Waals surface area contributed by atoms with Crippen LogP contribution in [0.3, 0.4) is 0 Å². The van der Waals surface area contributed by atoms with Crippen LogP contribution >= 0.6 is 23.1 Å². The van der Waals surface area contributed by atoms with Crippen molar-refractivity contribution in [3.05, 3.63) is 45.1 Å². The van der Waals surface area contributed by atoms with Gasteiger partial charge in [-0.25, -0.2) is 4.98 Å². The van der Waals surface area contributed by atoms with Crippen molar-refractivity contribution in [3.63, 3.8) is 0 Å². The molecule has 9 heteroatoms. The number of thiophene rings is 1. The Balaban J connectivity index is 1.31. The maximum atomic E-state index is 13.5. The minimum atomic E-state index is -0.102. The van der Waals surface area contributed by atoms with E-state index in [1.807, 2.05) is 42.7 Å². The lowest BCUT2D eigenvalue weighted by atomic mass is 10.2. The van der Waals surface area contributed by atoms with Gasteiger partial charge in [0.1, 0.15) is 4.83 Å². The topological polar surface area (TPSA) is 76.5 Å². The fourth-order valence-corrected chi connectivity index (χ4v) is 6.72. The van der Waals surface area contributed by atoms with E-state index in [0.29, 0.717) is 5.16 Å². The standard InChI is InChI=1S/C25H30N4O3S2/c1-16-17(2)34-23-22(16)24(31)29(20-5-3-4-6-20)25(27-23)33-15-21(30)26-18-7-9-19(10-8-18)28-11-13-32-14-12-28/h7-10,20H,3-6,11-15H2,1-2H3,(H,26,30). The summed E-state index contributed by atoms with van der Waals surface area (Å²) >= 11 is 2.91. The molecule has 34 heavy (non-hydrogen) atoms. The van der Waals surface area contributed by atoms with Gasteiger partial charge < -0.3 is 15.0 Å². The fraction of sp³-hybridized carbons (Fsp3) is 0.480. The number of carbonyl (C=O) groups is 1. The molecule has 1 N–H and O–H groups in total. The smallest absolute Gasteiger partial charge is 0.263 e. The molecule has 2 fully saturated rings. The monoisotopic (exact) mass is 498 g/mol. The van der Waals surface area contributed by atoms with Crippen molar-refractivity contribution >= 4 is 50.6 Å². The lowest BCUT2D eigenvalue weighted by Crippen LogP contribution is -2.36. The van der Waals surface area contributed by atoms with Gasteiger partial charge in [0.25, 0.3) is 5.56 Å². The summed E-state index contributed by atoms with van der Waals surface area (Å²) in [5.74, 6) is 0.106. The first-order valence-electron chi connectivity index (χ1n) is 11.9. The molecular formula is C25H30N4O3S2. The number of nitrogens with one attached hydrogen (secondary N) is 1. The van der Waals surface area contributed by atoms with Crippen molar-refractivity contribution in [2.24, 2.45) is 0 Å². The number of aryl methyl sites for hydroxylation is 2. The molecule has 2 aliphatic rings. The Bertz CT molecular complexity index is 1240. The van der Waals surface area contributed by atoms with Crippen molar-refractivity contribution in [1.29, 1.82) is 0 Å². The maximum absolute atomic E-state index is 13.5. The largest absolute Gasteiger partial charge is 0.378 e. The third kappa shape index (κ3) is 4.74. The van der Waals surface area contributed by atoms with Gasteiger partial charge >= 0.3 is 0 Å². The second-order valence-electron chi connectivity index (χ2n) is 8.95. The summed E-state index contributed by atoms with van der Waals surface area (Å²) in [5.41, 5.74) is 2.97. The molecule has 1 amide bonds. The lowest BCUT2D eigenvalue weighted by molar-refractivity contribution is -0.113. The van der Waals surface area contributed by atoms with E-state index in [-0.39, 0.29) is 23.3 Å². The molecule has 1 saturated heterocycles. The number of amides is 1. The first-order chi connectivity index (χ1) is 16.5. The average Bonchev–Trinajstić information content (AvgIpc) is 3.47. The van der Waals surface area contributed by atoms with E-state index in [9.17, 15) is 9.59 Å². The molecular weight excluding hydrogens is 468 g/mol. The van der Waals surface area contributed by atoms with Gasteiger partial charge in [0.05, 0.1) is 24.4 Å². The predicted octanol–water partition coefficient (Wildman–Crippen LogP) is 4.76. The number of rotatable bonds is 6. The zero-order valence-electron chi connectivity index (χ0n) is 19.6. The molecule has 3 heterocycles. The summed E-state index contributed by atoms with van der Waals surface area (Å²) in [5, 5.41) is 4.38. The van der Waals surface area contributed by atoms with Gasteiger partial charge in [-0.3, -0.25) is 14.2 Å². The molecule has 0 spiro atoms. The highest BCUT2D eigenvalue weighted by Crippen LogP contribution is 2.34. The Morgan fingerprint density at radius 3 is 2.59 bits per heavy atom. The van der Waals surface area contributed by atoms with Crippen LogP contribution in [0, 0.1) is 13.8 Å². The summed E-state index contributed by atoms with van der Waals surface area (Å²) in [6, 6.07) is 8.10. The molecule has 0 unspecified atom stereocenters. The van der Waals surface area contributed by atoms with Crippen LogP contribution in [0.15, 0.2) is 34.2 Å². The second-order valence-corrected chi connectivity index (χ2v) is 11.1. The highest BCUT2D eigenvalue weighted by atomic mass is 32.2. The normalized spacial score (nSPS) is 16.9. The minimum Gasteiger partial charge on any atom is -0.378 e. The predicted molar refractivity (Wildman–Crippen MR) is 140 cm³/mol. The molecule has 0 bridgehead atoms. The van der Waals surface area contributed by atoms with Crippen molar-refractivity contribution < 1.29 is 9.53 Å². The van der Waals surface area contributed by atoms with Gasteiger partial charge in [-0.05, 0) is 56.5 Å². The summed E-state index contributed by atoms with van der Waals surface area (Å²) < 4.78 is 7.28. The van der Waals surface area contributed by atoms with E-state index >= 15 is 0 Å². The molecule has 2 aromatic heterocycles. The Labute approximate surface area is 207 Å². The van der Waals surface area contributed by atoms with Crippen LogP contribution in [0.25, 0.3) is 10.2 Å². The van der Waals surface area contributed by atoms with E-state index in [0.717, 1.165) is 84.0 Å². The molecule has 0 atom stereocenters. The van der Waals surface area contributed by atoms with Crippen LogP contribution in [-0.2, 0) is 9.53 Å². The molecule has 3 aromatic rings. The molecule has 7 nitrogen and oxygen atoms in total. The Morgan fingerprint density at radius 2 is 1.88 bits per heavy atom. The molecule has 1 saturated carbocycles. The average molecular weight is 499 g/mol. The Morgan fingerprint density at radius 1 is 1.18 bits per heavy atom. The van der Waals surface area contributed by atoms with Crippen molar-refractivity contribution in [2.45, 2.75) is 50.7 Å². The molecule has 1 aliphatic carbocycles. The first-order valence-corrected chi connectivity index (χ1v) is 13.7. The second kappa shape index (κ2) is 10.1. The number of benzene rings is 1. The number of aromatic nitrogens is 2. The Kier molecular flexibility index (Phi) is 6.94. The lowest BCUT2D eigenvalue weighted by Gasteiger charge is -2.28. The summed E-state index contributed by atoms with van der Waals surface area (Å²) in [6.07, 6.45) is 4.23. The molecule has 0 radical (unpaired) electrons. The number of carbonyl (C=O) groups excluding carboxylic acids is 1. The van der Waals surface area contributed by atoms with Crippen LogP contribution in [0.5, 0.6) is 0 Å². The maximum Gasteiger partial charge on any atom is 0.263 e. The van der Waals surface area contributed by atoms with E-state index in [4.69, 9.17) is 9.72 Å². The number of ether oxygens (including phenoxy) is 1. The van der Waals surface area contributed by atoms with E-state index < -0.39 is 0 Å². The van der Waals surface area contributed by atoms with Gasteiger partial charge in [-0.15, -0.1) is 11.3 Å². The number of hydrogen-bond acceptors (Lipinski definition) is 7. The van der Waals surface area contributed by atoms with Gasteiger partial charge in [-0.1, -0.05) is 24.6 Å². The van der Waals surface area contributed by atoms with Gasteiger partial charge in [0.2, 0.25) is 5.91 Å². The Hall–Kier alpha value is -2.36. The number of fused-ring (bicyclic) bond motifs is 1. The van der Waals surface area contributed by atoms with Crippen molar-refractivity contribution in [1.82, 2.24) is 9.55 Å². The van der Waals surface area contributed by atoms with E-state index in [2.05, 4.69) is 10.2 Å². The van der Waals surface area contributed by atoms with Crippen LogP contribution in [-0.4, -0.2) is 47.5 Å². The molecule has 180 valence electrons. The zero-order chi connectivity index (χ0) is 23.7. The van der Waals surface area contributed by atoms with Gasteiger partial charge in [0, 0.05) is 35.4 Å². The van der Waals surface area contributed by atoms with Crippen molar-refractivity contribution in [3.8, 4) is 0 Å². The summed E-state index contributed by atoms with van der Waals surface area (Å²) in [6.45, 7) is 7.28. The van der Waals surface area contributed by atoms with Crippen LogP contribution in [0.4, 0.5) is 11.4 Å². The third-order valence-corrected chi connectivity index (χ3v) is 8.81. The number of hydrogen-bond donors (Lipinski definition) is 1. The molecule has 1 aliphatic heterocycles. The first kappa shape index (κ1) is 23.4. The summed E-state index contributed by atoms with van der Waals surface area (Å²) in [7, 11) is 0.